The third-order valence-electron chi connectivity index (χ3n) is 5.38. The Labute approximate surface area is 173 Å². The summed E-state index contributed by atoms with van der Waals surface area (Å²) in [6.45, 7) is 5.40. The Morgan fingerprint density at radius 1 is 1.27 bits per heavy atom. The van der Waals surface area contributed by atoms with E-state index in [0.29, 0.717) is 12.3 Å². The summed E-state index contributed by atoms with van der Waals surface area (Å²) in [6, 6.07) is 6.44. The molecule has 1 aromatic rings. The number of nitrogens with one attached hydrogen (secondary N) is 1. The second-order valence-electron chi connectivity index (χ2n) is 7.09. The molecule has 3 rings (SSSR count). The molecule has 2 atom stereocenters. The van der Waals surface area contributed by atoms with Gasteiger partial charge in [-0.3, -0.25) is 9.69 Å². The fourth-order valence-electron chi connectivity index (χ4n) is 3.75. The first kappa shape index (κ1) is 23.6. The topological polar surface area (TPSA) is 58.4 Å². The van der Waals surface area contributed by atoms with Gasteiger partial charge in [0, 0.05) is 49.3 Å². The molecule has 0 bridgehead atoms. The number of anilines is 1. The number of nitrogens with zero attached hydrogens (tertiary/aromatic N) is 1. The van der Waals surface area contributed by atoms with Gasteiger partial charge in [0.1, 0.15) is 0 Å². The van der Waals surface area contributed by atoms with Crippen LogP contribution >= 0.6 is 36.6 Å². The molecule has 7 heteroatoms. The van der Waals surface area contributed by atoms with Gasteiger partial charge in [-0.2, -0.15) is 11.8 Å². The number of carbonyl (C=O) groups excluding carboxylic acids is 1. The van der Waals surface area contributed by atoms with Crippen LogP contribution in [0.2, 0.25) is 0 Å². The van der Waals surface area contributed by atoms with E-state index in [4.69, 9.17) is 5.73 Å². The van der Waals surface area contributed by atoms with E-state index in [9.17, 15) is 4.79 Å². The van der Waals surface area contributed by atoms with Crippen LogP contribution in [0.25, 0.3) is 0 Å². The maximum atomic E-state index is 12.4. The van der Waals surface area contributed by atoms with Crippen LogP contribution in [0, 0.1) is 12.8 Å². The lowest BCUT2D eigenvalue weighted by Gasteiger charge is -2.27. The fraction of sp³-hybridized carbons (Fsp3) is 0.632. The molecule has 1 aromatic carbocycles. The Balaban J connectivity index is 0.00000169. The third kappa shape index (κ3) is 6.31. The second kappa shape index (κ2) is 11.4. The molecule has 1 amide bonds. The molecule has 2 aliphatic rings. The van der Waals surface area contributed by atoms with Crippen LogP contribution < -0.4 is 11.1 Å². The largest absolute Gasteiger partial charge is 0.327 e. The Morgan fingerprint density at radius 3 is 2.65 bits per heavy atom. The first-order chi connectivity index (χ1) is 11.6. The van der Waals surface area contributed by atoms with Crippen LogP contribution in [0.1, 0.15) is 36.8 Å². The first-order valence-corrected chi connectivity index (χ1v) is 10.2. The molecule has 148 valence electrons. The van der Waals surface area contributed by atoms with Crippen LogP contribution in [-0.4, -0.2) is 41.4 Å². The van der Waals surface area contributed by atoms with E-state index >= 15 is 0 Å². The molecule has 0 radical (unpaired) electrons. The van der Waals surface area contributed by atoms with E-state index in [2.05, 4.69) is 29.3 Å². The molecule has 3 N–H and O–H groups in total. The van der Waals surface area contributed by atoms with Crippen molar-refractivity contribution >= 4 is 48.2 Å². The van der Waals surface area contributed by atoms with E-state index in [-0.39, 0.29) is 36.8 Å². The lowest BCUT2D eigenvalue weighted by atomic mass is 9.99. The van der Waals surface area contributed by atoms with Gasteiger partial charge in [-0.15, -0.1) is 24.8 Å². The number of hydrogen-bond acceptors (Lipinski definition) is 4. The van der Waals surface area contributed by atoms with Gasteiger partial charge in [-0.05, 0) is 42.9 Å². The van der Waals surface area contributed by atoms with Gasteiger partial charge >= 0.3 is 0 Å². The highest BCUT2D eigenvalue weighted by Gasteiger charge is 2.26. The van der Waals surface area contributed by atoms with Gasteiger partial charge in [-0.1, -0.05) is 18.6 Å². The van der Waals surface area contributed by atoms with E-state index in [1.165, 1.54) is 22.6 Å². The lowest BCUT2D eigenvalue weighted by molar-refractivity contribution is -0.117. The number of hydrogen-bond donors (Lipinski definition) is 2. The minimum atomic E-state index is 0. The molecule has 1 aliphatic heterocycles. The summed E-state index contributed by atoms with van der Waals surface area (Å²) >= 11 is 2.03. The highest BCUT2D eigenvalue weighted by atomic mass is 35.5. The van der Waals surface area contributed by atoms with Crippen LogP contribution in [0.4, 0.5) is 5.69 Å². The van der Waals surface area contributed by atoms with E-state index < -0.39 is 0 Å². The van der Waals surface area contributed by atoms with E-state index in [1.807, 2.05) is 17.8 Å². The van der Waals surface area contributed by atoms with Crippen molar-refractivity contribution in [3.63, 3.8) is 0 Å². The van der Waals surface area contributed by atoms with Crippen molar-refractivity contribution in [2.45, 2.75) is 45.2 Å². The van der Waals surface area contributed by atoms with Crippen molar-refractivity contribution < 1.29 is 4.79 Å². The van der Waals surface area contributed by atoms with Crippen molar-refractivity contribution in [1.29, 1.82) is 0 Å². The van der Waals surface area contributed by atoms with E-state index in [0.717, 1.165) is 44.6 Å². The van der Waals surface area contributed by atoms with Crippen molar-refractivity contribution in [2.24, 2.45) is 11.7 Å². The number of benzene rings is 1. The summed E-state index contributed by atoms with van der Waals surface area (Å²) in [5, 5.41) is 3.12. The predicted molar refractivity (Wildman–Crippen MR) is 117 cm³/mol. The van der Waals surface area contributed by atoms with Crippen molar-refractivity contribution in [2.75, 3.05) is 29.9 Å². The molecule has 0 unspecified atom stereocenters. The molecule has 1 aliphatic carbocycles. The fourth-order valence-corrected chi connectivity index (χ4v) is 4.73. The number of amides is 1. The minimum absolute atomic E-state index is 0. The monoisotopic (exact) mass is 419 g/mol. The van der Waals surface area contributed by atoms with E-state index in [1.54, 1.807) is 0 Å². The summed E-state index contributed by atoms with van der Waals surface area (Å²) in [6.07, 6.45) is 3.84. The SMILES string of the molecule is Cc1c(CN2CCSCC2)cccc1NC(=O)C[C@@H]1CCC[C@H]1N.Cl.Cl. The van der Waals surface area contributed by atoms with Gasteiger partial charge in [0.2, 0.25) is 5.91 Å². The zero-order chi connectivity index (χ0) is 16.9. The molecule has 1 saturated heterocycles. The Kier molecular flexibility index (Phi) is 10.3. The quantitative estimate of drug-likeness (QED) is 0.760. The molecule has 2 fully saturated rings. The Morgan fingerprint density at radius 2 is 2.00 bits per heavy atom. The molecule has 1 saturated carbocycles. The molecule has 26 heavy (non-hydrogen) atoms. The van der Waals surface area contributed by atoms with Gasteiger partial charge in [0.25, 0.3) is 0 Å². The first-order valence-electron chi connectivity index (χ1n) is 9.07. The molecular weight excluding hydrogens is 389 g/mol. The maximum absolute atomic E-state index is 12.4. The summed E-state index contributed by atoms with van der Waals surface area (Å²) in [4.78, 5) is 14.9. The zero-order valence-electron chi connectivity index (χ0n) is 15.4. The van der Waals surface area contributed by atoms with Crippen LogP contribution in [0.15, 0.2) is 18.2 Å². The number of nitrogens with two attached hydrogens (primary N) is 1. The summed E-state index contributed by atoms with van der Waals surface area (Å²) in [5.74, 6) is 2.89. The number of carbonyl (C=O) groups is 1. The zero-order valence-corrected chi connectivity index (χ0v) is 17.9. The minimum Gasteiger partial charge on any atom is -0.327 e. The molecular formula is C19H31Cl2N3OS. The van der Waals surface area contributed by atoms with Crippen molar-refractivity contribution in [3.05, 3.63) is 29.3 Å². The molecule has 4 nitrogen and oxygen atoms in total. The summed E-state index contributed by atoms with van der Waals surface area (Å²) in [7, 11) is 0. The number of rotatable bonds is 5. The smallest absolute Gasteiger partial charge is 0.224 e. The number of thioether (sulfide) groups is 1. The van der Waals surface area contributed by atoms with Gasteiger partial charge < -0.3 is 11.1 Å². The highest BCUT2D eigenvalue weighted by molar-refractivity contribution is 7.99. The standard InChI is InChI=1S/C19H29N3OS.2ClH/c1-14-16(13-22-8-10-24-11-9-22)5-3-7-18(14)21-19(23)12-15-4-2-6-17(15)20;;/h3,5,7,15,17H,2,4,6,8-13,20H2,1H3,(H,21,23);2*1H/t15-,17+;;/m0../s1. The Bertz CT molecular complexity index is 582. The van der Waals surface area contributed by atoms with Crippen LogP contribution in [0.5, 0.6) is 0 Å². The van der Waals surface area contributed by atoms with Crippen molar-refractivity contribution in [1.82, 2.24) is 4.90 Å². The van der Waals surface area contributed by atoms with Crippen molar-refractivity contribution in [3.8, 4) is 0 Å². The highest BCUT2D eigenvalue weighted by Crippen LogP contribution is 2.28. The average molecular weight is 420 g/mol. The second-order valence-corrected chi connectivity index (χ2v) is 8.31. The normalized spacial score (nSPS) is 23.0. The van der Waals surface area contributed by atoms with Crippen LogP contribution in [-0.2, 0) is 11.3 Å². The summed E-state index contributed by atoms with van der Waals surface area (Å²) < 4.78 is 0. The van der Waals surface area contributed by atoms with Gasteiger partial charge in [0.15, 0.2) is 0 Å². The predicted octanol–water partition coefficient (Wildman–Crippen LogP) is 3.84. The molecule has 0 spiro atoms. The van der Waals surface area contributed by atoms with Crippen LogP contribution in [0.3, 0.4) is 0 Å². The molecule has 0 aromatic heterocycles. The summed E-state index contributed by atoms with van der Waals surface area (Å²) in [5.41, 5.74) is 9.56. The van der Waals surface area contributed by atoms with Gasteiger partial charge in [0.05, 0.1) is 0 Å². The maximum Gasteiger partial charge on any atom is 0.224 e. The number of halogens is 2. The molecule has 1 heterocycles. The van der Waals surface area contributed by atoms with Gasteiger partial charge in [-0.25, -0.2) is 0 Å². The third-order valence-corrected chi connectivity index (χ3v) is 6.33. The lowest BCUT2D eigenvalue weighted by Crippen LogP contribution is -2.32. The average Bonchev–Trinajstić information content (AvgIpc) is 2.97. The Hall–Kier alpha value is -0.460.